The summed E-state index contributed by atoms with van der Waals surface area (Å²) < 4.78 is 31.4. The smallest absolute Gasteiger partial charge is 0.338 e. The zero-order chi connectivity index (χ0) is 22.6. The number of fused-ring (bicyclic) bond motifs is 1. The summed E-state index contributed by atoms with van der Waals surface area (Å²) in [5.74, 6) is -1.00. The molecule has 0 amide bonds. The van der Waals surface area contributed by atoms with Gasteiger partial charge < -0.3 is 14.2 Å². The average Bonchev–Trinajstić information content (AvgIpc) is 2.80. The third kappa shape index (κ3) is 5.09. The van der Waals surface area contributed by atoms with Crippen molar-refractivity contribution in [2.75, 3.05) is 39.5 Å². The Hall–Kier alpha value is -2.96. The molecule has 0 unspecified atom stereocenters. The minimum absolute atomic E-state index is 0.0190. The first kappa shape index (κ1) is 22.2. The monoisotopic (exact) mass is 437 g/mol. The fraction of sp³-hybridized carbons (Fsp3) is 0.346. The number of ether oxygens (including phenoxy) is 3. The summed E-state index contributed by atoms with van der Waals surface area (Å²) in [4.78, 5) is 14.7. The first-order valence-corrected chi connectivity index (χ1v) is 10.9. The van der Waals surface area contributed by atoms with Crippen molar-refractivity contribution in [3.63, 3.8) is 0 Å². The van der Waals surface area contributed by atoms with Crippen LogP contribution in [0.25, 0.3) is 10.8 Å². The van der Waals surface area contributed by atoms with Crippen molar-refractivity contribution in [1.82, 2.24) is 4.90 Å². The summed E-state index contributed by atoms with van der Waals surface area (Å²) in [6.45, 7) is 7.74. The van der Waals surface area contributed by atoms with Gasteiger partial charge in [0.05, 0.1) is 18.8 Å². The van der Waals surface area contributed by atoms with Crippen LogP contribution in [0, 0.1) is 5.82 Å². The second-order valence-electron chi connectivity index (χ2n) is 8.37. The molecule has 0 saturated carbocycles. The Morgan fingerprint density at radius 1 is 1.06 bits per heavy atom. The molecular weight excluding hydrogens is 409 g/mol. The molecule has 3 aromatic rings. The summed E-state index contributed by atoms with van der Waals surface area (Å²) in [5.41, 5.74) is 0.381. The zero-order valence-corrected chi connectivity index (χ0v) is 18.5. The predicted molar refractivity (Wildman–Crippen MR) is 122 cm³/mol. The maximum Gasteiger partial charge on any atom is 0.338 e. The topological polar surface area (TPSA) is 48.0 Å². The molecule has 32 heavy (non-hydrogen) atoms. The number of carbonyl (C=O) groups is 1. The molecule has 1 aliphatic heterocycles. The number of rotatable bonds is 7. The van der Waals surface area contributed by atoms with E-state index in [1.807, 2.05) is 56.3 Å². The number of hydrogen-bond donors (Lipinski definition) is 0. The van der Waals surface area contributed by atoms with Gasteiger partial charge >= 0.3 is 5.97 Å². The first-order valence-electron chi connectivity index (χ1n) is 10.9. The normalized spacial score (nSPS) is 15.0. The van der Waals surface area contributed by atoms with Crippen LogP contribution in [-0.4, -0.2) is 50.3 Å². The van der Waals surface area contributed by atoms with E-state index >= 15 is 0 Å². The van der Waals surface area contributed by atoms with Crippen LogP contribution >= 0.6 is 0 Å². The summed E-state index contributed by atoms with van der Waals surface area (Å²) in [6, 6.07) is 18.0. The minimum Gasteiger partial charge on any atom is -0.480 e. The van der Waals surface area contributed by atoms with Gasteiger partial charge in [-0.3, -0.25) is 4.90 Å². The van der Waals surface area contributed by atoms with Gasteiger partial charge in [-0.25, -0.2) is 9.18 Å². The van der Waals surface area contributed by atoms with Crippen LogP contribution in [0.4, 0.5) is 4.39 Å². The second kappa shape index (κ2) is 9.67. The molecule has 0 atom stereocenters. The van der Waals surface area contributed by atoms with Gasteiger partial charge in [-0.15, -0.1) is 0 Å². The Labute approximate surface area is 187 Å². The van der Waals surface area contributed by atoms with E-state index in [2.05, 4.69) is 4.90 Å². The standard InChI is InChI=1S/C26H28FNO4/c1-26(2,22-9-5-7-19-6-3-4-8-21(19)22)32-24-18-20(10-11-23(24)27)25(29)31-17-14-28-12-15-30-16-13-28/h3-11,18H,12-17H2,1-2H3. The molecule has 3 aromatic carbocycles. The summed E-state index contributed by atoms with van der Waals surface area (Å²) in [6.07, 6.45) is 0. The molecule has 1 fully saturated rings. The van der Waals surface area contributed by atoms with Gasteiger partial charge in [-0.2, -0.15) is 0 Å². The number of esters is 1. The Morgan fingerprint density at radius 2 is 1.81 bits per heavy atom. The van der Waals surface area contributed by atoms with E-state index < -0.39 is 17.4 Å². The van der Waals surface area contributed by atoms with E-state index in [1.54, 1.807) is 0 Å². The Bertz CT molecular complexity index is 1090. The maximum atomic E-state index is 14.6. The fourth-order valence-corrected chi connectivity index (χ4v) is 3.96. The van der Waals surface area contributed by atoms with E-state index in [0.717, 1.165) is 29.4 Å². The molecule has 0 aliphatic carbocycles. The van der Waals surface area contributed by atoms with Crippen molar-refractivity contribution in [3.8, 4) is 5.75 Å². The van der Waals surface area contributed by atoms with E-state index in [0.29, 0.717) is 19.8 Å². The molecular formula is C26H28FNO4. The van der Waals surface area contributed by atoms with Crippen LogP contribution in [0.5, 0.6) is 5.75 Å². The van der Waals surface area contributed by atoms with Crippen molar-refractivity contribution in [3.05, 3.63) is 77.6 Å². The predicted octanol–water partition coefficient (Wildman–Crippen LogP) is 4.78. The van der Waals surface area contributed by atoms with Crippen molar-refractivity contribution in [2.24, 2.45) is 0 Å². The van der Waals surface area contributed by atoms with Gasteiger partial charge in [-0.05, 0) is 42.8 Å². The lowest BCUT2D eigenvalue weighted by Crippen LogP contribution is -2.38. The Balaban J connectivity index is 1.47. The molecule has 1 aliphatic rings. The highest BCUT2D eigenvalue weighted by atomic mass is 19.1. The fourth-order valence-electron chi connectivity index (χ4n) is 3.96. The third-order valence-electron chi connectivity index (χ3n) is 5.71. The van der Waals surface area contributed by atoms with E-state index in [4.69, 9.17) is 14.2 Å². The molecule has 168 valence electrons. The van der Waals surface area contributed by atoms with Gasteiger partial charge in [0.25, 0.3) is 0 Å². The molecule has 0 N–H and O–H groups in total. The summed E-state index contributed by atoms with van der Waals surface area (Å²) in [7, 11) is 0. The molecule has 6 heteroatoms. The molecule has 0 bridgehead atoms. The van der Waals surface area contributed by atoms with Crippen LogP contribution in [0.3, 0.4) is 0 Å². The molecule has 1 heterocycles. The lowest BCUT2D eigenvalue weighted by atomic mass is 9.92. The van der Waals surface area contributed by atoms with Crippen LogP contribution in [0.2, 0.25) is 0 Å². The Morgan fingerprint density at radius 3 is 2.62 bits per heavy atom. The van der Waals surface area contributed by atoms with Crippen LogP contribution in [0.15, 0.2) is 60.7 Å². The third-order valence-corrected chi connectivity index (χ3v) is 5.71. The van der Waals surface area contributed by atoms with Crippen molar-refractivity contribution >= 4 is 16.7 Å². The maximum absolute atomic E-state index is 14.6. The number of nitrogens with zero attached hydrogens (tertiary/aromatic N) is 1. The molecule has 0 radical (unpaired) electrons. The zero-order valence-electron chi connectivity index (χ0n) is 18.5. The molecule has 1 saturated heterocycles. The number of carbonyl (C=O) groups excluding carboxylic acids is 1. The number of benzene rings is 3. The highest BCUT2D eigenvalue weighted by Crippen LogP contribution is 2.34. The van der Waals surface area contributed by atoms with Crippen LogP contribution < -0.4 is 4.74 Å². The van der Waals surface area contributed by atoms with E-state index in [1.165, 1.54) is 18.2 Å². The highest BCUT2D eigenvalue weighted by molar-refractivity contribution is 5.90. The number of halogens is 1. The lowest BCUT2D eigenvalue weighted by Gasteiger charge is -2.29. The van der Waals surface area contributed by atoms with Crippen molar-refractivity contribution in [2.45, 2.75) is 19.4 Å². The molecule has 5 nitrogen and oxygen atoms in total. The number of hydrogen-bond acceptors (Lipinski definition) is 5. The van der Waals surface area contributed by atoms with Gasteiger partial charge in [0.1, 0.15) is 12.2 Å². The second-order valence-corrected chi connectivity index (χ2v) is 8.37. The largest absolute Gasteiger partial charge is 0.480 e. The van der Waals surface area contributed by atoms with Gasteiger partial charge in [0.2, 0.25) is 0 Å². The van der Waals surface area contributed by atoms with Gasteiger partial charge in [0, 0.05) is 25.2 Å². The summed E-state index contributed by atoms with van der Waals surface area (Å²) in [5, 5.41) is 2.12. The highest BCUT2D eigenvalue weighted by Gasteiger charge is 2.27. The minimum atomic E-state index is -0.819. The number of morpholine rings is 1. The molecule has 0 spiro atoms. The summed E-state index contributed by atoms with van der Waals surface area (Å²) >= 11 is 0. The SMILES string of the molecule is CC(C)(Oc1cc(C(=O)OCCN2CCOCC2)ccc1F)c1cccc2ccccc12. The Kier molecular flexibility index (Phi) is 6.72. The van der Waals surface area contributed by atoms with E-state index in [-0.39, 0.29) is 17.9 Å². The van der Waals surface area contributed by atoms with Crippen LogP contribution in [-0.2, 0) is 15.1 Å². The van der Waals surface area contributed by atoms with Crippen LogP contribution in [0.1, 0.15) is 29.8 Å². The molecule has 0 aromatic heterocycles. The molecule has 4 rings (SSSR count). The van der Waals surface area contributed by atoms with Gasteiger partial charge in [0.15, 0.2) is 11.6 Å². The first-order chi connectivity index (χ1) is 15.4. The van der Waals surface area contributed by atoms with Gasteiger partial charge in [-0.1, -0.05) is 42.5 Å². The van der Waals surface area contributed by atoms with Crippen molar-refractivity contribution in [1.29, 1.82) is 0 Å². The lowest BCUT2D eigenvalue weighted by molar-refractivity contribution is 0.0195. The average molecular weight is 438 g/mol. The van der Waals surface area contributed by atoms with E-state index in [9.17, 15) is 9.18 Å². The van der Waals surface area contributed by atoms with Crippen molar-refractivity contribution < 1.29 is 23.4 Å². The quantitative estimate of drug-likeness (QED) is 0.498.